The maximum Gasteiger partial charge on any atom is 0.0451 e. The van der Waals surface area contributed by atoms with Crippen molar-refractivity contribution >= 4 is 0 Å². The monoisotopic (exact) mass is 288 g/mol. The number of aryl methyl sites for hydroxylation is 2. The third-order valence-corrected chi connectivity index (χ3v) is 4.65. The molecule has 0 aromatic heterocycles. The SMILES string of the molecule is CCNC(CN1CC(C)CC(C)C1)c1cc(C)ccc1C. The van der Waals surface area contributed by atoms with Gasteiger partial charge in [-0.15, -0.1) is 0 Å². The first-order valence-corrected chi connectivity index (χ1v) is 8.52. The molecule has 0 aliphatic carbocycles. The Kier molecular flexibility index (Phi) is 5.83. The summed E-state index contributed by atoms with van der Waals surface area (Å²) in [5.74, 6) is 1.66. The van der Waals surface area contributed by atoms with Crippen LogP contribution in [0.1, 0.15) is 49.9 Å². The highest BCUT2D eigenvalue weighted by atomic mass is 15.2. The molecule has 1 saturated heterocycles. The molecule has 1 heterocycles. The minimum atomic E-state index is 0.451. The van der Waals surface area contributed by atoms with E-state index in [2.05, 4.69) is 63.0 Å². The lowest BCUT2D eigenvalue weighted by atomic mass is 9.90. The summed E-state index contributed by atoms with van der Waals surface area (Å²) in [6, 6.07) is 7.29. The van der Waals surface area contributed by atoms with Crippen molar-refractivity contribution < 1.29 is 0 Å². The van der Waals surface area contributed by atoms with Gasteiger partial charge < -0.3 is 10.2 Å². The number of rotatable bonds is 5. The minimum Gasteiger partial charge on any atom is -0.309 e. The fraction of sp³-hybridized carbons (Fsp3) is 0.684. The molecule has 1 aromatic rings. The van der Waals surface area contributed by atoms with Gasteiger partial charge in [0.15, 0.2) is 0 Å². The maximum absolute atomic E-state index is 3.70. The van der Waals surface area contributed by atoms with Gasteiger partial charge in [-0.25, -0.2) is 0 Å². The summed E-state index contributed by atoms with van der Waals surface area (Å²) in [7, 11) is 0. The molecule has 3 unspecified atom stereocenters. The van der Waals surface area contributed by atoms with E-state index < -0.39 is 0 Å². The first-order valence-electron chi connectivity index (χ1n) is 8.52. The lowest BCUT2D eigenvalue weighted by Crippen LogP contribution is -2.43. The molecule has 3 atom stereocenters. The molecule has 0 radical (unpaired) electrons. The highest BCUT2D eigenvalue weighted by molar-refractivity contribution is 5.33. The average Bonchev–Trinajstić information content (AvgIpc) is 2.40. The number of likely N-dealkylation sites (N-methyl/N-ethyl adjacent to an activating group) is 1. The molecule has 1 fully saturated rings. The van der Waals surface area contributed by atoms with E-state index in [1.165, 1.54) is 36.2 Å². The van der Waals surface area contributed by atoms with Crippen LogP contribution in [0.25, 0.3) is 0 Å². The molecule has 0 saturated carbocycles. The Morgan fingerprint density at radius 2 is 1.86 bits per heavy atom. The zero-order valence-corrected chi connectivity index (χ0v) is 14.4. The smallest absolute Gasteiger partial charge is 0.0451 e. The Morgan fingerprint density at radius 3 is 2.48 bits per heavy atom. The first-order chi connectivity index (χ1) is 9.99. The van der Waals surface area contributed by atoms with Crippen molar-refractivity contribution in [3.05, 3.63) is 34.9 Å². The number of hydrogen-bond donors (Lipinski definition) is 1. The molecule has 2 nitrogen and oxygen atoms in total. The number of benzene rings is 1. The van der Waals surface area contributed by atoms with E-state index in [-0.39, 0.29) is 0 Å². The molecule has 1 N–H and O–H groups in total. The fourth-order valence-electron chi connectivity index (χ4n) is 3.85. The van der Waals surface area contributed by atoms with Crippen LogP contribution < -0.4 is 5.32 Å². The summed E-state index contributed by atoms with van der Waals surface area (Å²) in [5.41, 5.74) is 4.24. The number of nitrogens with one attached hydrogen (secondary N) is 1. The van der Waals surface area contributed by atoms with Gasteiger partial charge in [-0.3, -0.25) is 0 Å². The van der Waals surface area contributed by atoms with Crippen molar-refractivity contribution in [1.29, 1.82) is 0 Å². The van der Waals surface area contributed by atoms with Crippen LogP contribution in [-0.2, 0) is 0 Å². The second kappa shape index (κ2) is 7.42. The number of nitrogens with zero attached hydrogens (tertiary/aromatic N) is 1. The lowest BCUT2D eigenvalue weighted by Gasteiger charge is -2.37. The Labute approximate surface area is 130 Å². The summed E-state index contributed by atoms with van der Waals surface area (Å²) < 4.78 is 0. The Balaban J connectivity index is 2.13. The van der Waals surface area contributed by atoms with Gasteiger partial charge >= 0.3 is 0 Å². The Morgan fingerprint density at radius 1 is 1.19 bits per heavy atom. The molecular formula is C19H32N2. The second-order valence-corrected chi connectivity index (χ2v) is 7.13. The van der Waals surface area contributed by atoms with Gasteiger partial charge in [0, 0.05) is 25.7 Å². The highest BCUT2D eigenvalue weighted by Gasteiger charge is 2.24. The summed E-state index contributed by atoms with van der Waals surface area (Å²) in [6.07, 6.45) is 1.38. The van der Waals surface area contributed by atoms with Crippen molar-refractivity contribution in [2.75, 3.05) is 26.2 Å². The zero-order valence-electron chi connectivity index (χ0n) is 14.4. The van der Waals surface area contributed by atoms with E-state index in [1.807, 2.05) is 0 Å². The summed E-state index contributed by atoms with van der Waals surface area (Å²) in [6.45, 7) is 16.1. The lowest BCUT2D eigenvalue weighted by molar-refractivity contribution is 0.128. The van der Waals surface area contributed by atoms with Crippen LogP contribution in [0, 0.1) is 25.7 Å². The fourth-order valence-corrected chi connectivity index (χ4v) is 3.85. The highest BCUT2D eigenvalue weighted by Crippen LogP contribution is 2.25. The normalized spacial score (nSPS) is 25.0. The number of hydrogen-bond acceptors (Lipinski definition) is 2. The van der Waals surface area contributed by atoms with E-state index in [9.17, 15) is 0 Å². The predicted octanol–water partition coefficient (Wildman–Crippen LogP) is 3.93. The van der Waals surface area contributed by atoms with Crippen LogP contribution in [-0.4, -0.2) is 31.1 Å². The molecular weight excluding hydrogens is 256 g/mol. The number of likely N-dealkylation sites (tertiary alicyclic amines) is 1. The zero-order chi connectivity index (χ0) is 15.4. The van der Waals surface area contributed by atoms with Gasteiger partial charge in [0.2, 0.25) is 0 Å². The van der Waals surface area contributed by atoms with Crippen LogP contribution in [0.5, 0.6) is 0 Å². The van der Waals surface area contributed by atoms with E-state index >= 15 is 0 Å². The van der Waals surface area contributed by atoms with Gasteiger partial charge in [0.25, 0.3) is 0 Å². The molecule has 1 aromatic carbocycles. The summed E-state index contributed by atoms with van der Waals surface area (Å²) >= 11 is 0. The third-order valence-electron chi connectivity index (χ3n) is 4.65. The van der Waals surface area contributed by atoms with Gasteiger partial charge in [0.1, 0.15) is 0 Å². The Bertz CT molecular complexity index is 445. The van der Waals surface area contributed by atoms with Crippen molar-refractivity contribution in [3.8, 4) is 0 Å². The van der Waals surface area contributed by atoms with Crippen LogP contribution >= 0.6 is 0 Å². The maximum atomic E-state index is 3.70. The average molecular weight is 288 g/mol. The van der Waals surface area contributed by atoms with Crippen molar-refractivity contribution in [2.24, 2.45) is 11.8 Å². The van der Waals surface area contributed by atoms with E-state index in [0.29, 0.717) is 6.04 Å². The van der Waals surface area contributed by atoms with Crippen LogP contribution in [0.3, 0.4) is 0 Å². The molecule has 1 aliphatic heterocycles. The molecule has 118 valence electrons. The van der Waals surface area contributed by atoms with Gasteiger partial charge in [-0.1, -0.05) is 44.5 Å². The van der Waals surface area contributed by atoms with Crippen molar-refractivity contribution in [3.63, 3.8) is 0 Å². The topological polar surface area (TPSA) is 15.3 Å². The minimum absolute atomic E-state index is 0.451. The standard InChI is InChI=1S/C19H32N2/c1-6-20-19(18-10-14(2)7-8-17(18)5)13-21-11-15(3)9-16(4)12-21/h7-8,10,15-16,19-20H,6,9,11-13H2,1-5H3. The van der Waals surface area contributed by atoms with Crippen molar-refractivity contribution in [2.45, 2.75) is 47.1 Å². The van der Waals surface area contributed by atoms with Gasteiger partial charge in [-0.05, 0) is 49.8 Å². The molecule has 1 aliphatic rings. The Hall–Kier alpha value is -0.860. The van der Waals surface area contributed by atoms with E-state index in [0.717, 1.165) is 24.9 Å². The second-order valence-electron chi connectivity index (χ2n) is 7.13. The van der Waals surface area contributed by atoms with E-state index in [1.54, 1.807) is 0 Å². The predicted molar refractivity (Wildman–Crippen MR) is 91.7 cm³/mol. The molecule has 21 heavy (non-hydrogen) atoms. The van der Waals surface area contributed by atoms with Crippen molar-refractivity contribution in [1.82, 2.24) is 10.2 Å². The summed E-state index contributed by atoms with van der Waals surface area (Å²) in [4.78, 5) is 2.66. The van der Waals surface area contributed by atoms with Gasteiger partial charge in [-0.2, -0.15) is 0 Å². The van der Waals surface area contributed by atoms with E-state index in [4.69, 9.17) is 0 Å². The van der Waals surface area contributed by atoms with Crippen LogP contribution in [0.2, 0.25) is 0 Å². The molecule has 0 bridgehead atoms. The quantitative estimate of drug-likeness (QED) is 0.883. The summed E-state index contributed by atoms with van der Waals surface area (Å²) in [5, 5.41) is 3.70. The van der Waals surface area contributed by atoms with Crippen LogP contribution in [0.4, 0.5) is 0 Å². The number of piperidine rings is 1. The largest absolute Gasteiger partial charge is 0.309 e. The molecule has 0 amide bonds. The molecule has 0 spiro atoms. The molecule has 2 heteroatoms. The third kappa shape index (κ3) is 4.55. The van der Waals surface area contributed by atoms with Crippen LogP contribution in [0.15, 0.2) is 18.2 Å². The van der Waals surface area contributed by atoms with Gasteiger partial charge in [0.05, 0.1) is 0 Å². The molecule has 2 rings (SSSR count). The first kappa shape index (κ1) is 16.5.